The fourth-order valence-corrected chi connectivity index (χ4v) is 6.81. The zero-order chi connectivity index (χ0) is 27.1. The van der Waals surface area contributed by atoms with Gasteiger partial charge in [-0.1, -0.05) is 29.6 Å². The second-order valence-corrected chi connectivity index (χ2v) is 12.3. The summed E-state index contributed by atoms with van der Waals surface area (Å²) < 4.78 is 45.5. The monoisotopic (exact) mass is 585 g/mol. The Morgan fingerprint density at radius 3 is 2.47 bits per heavy atom. The largest absolute Gasteiger partial charge is 0.484 e. The van der Waals surface area contributed by atoms with Gasteiger partial charge in [0.15, 0.2) is 0 Å². The molecule has 0 aromatic heterocycles. The molecule has 0 radical (unpaired) electrons. The highest BCUT2D eigenvalue weighted by molar-refractivity contribution is 7.89. The van der Waals surface area contributed by atoms with Crippen molar-refractivity contribution in [1.82, 2.24) is 9.62 Å². The lowest BCUT2D eigenvalue weighted by atomic mass is 10.0. The number of nitrogens with zero attached hydrogens (tertiary/aromatic N) is 1. The van der Waals surface area contributed by atoms with Gasteiger partial charge in [0.2, 0.25) is 10.0 Å². The van der Waals surface area contributed by atoms with Crippen molar-refractivity contribution in [3.05, 3.63) is 57.1 Å². The molecule has 3 N–H and O–H groups in total. The third-order valence-electron chi connectivity index (χ3n) is 7.01. The van der Waals surface area contributed by atoms with Gasteiger partial charge in [-0.25, -0.2) is 13.1 Å². The highest BCUT2D eigenvalue weighted by Gasteiger charge is 2.40. The Morgan fingerprint density at radius 2 is 1.76 bits per heavy atom. The zero-order valence-electron chi connectivity index (χ0n) is 21.8. The molecule has 1 aliphatic heterocycles. The van der Waals surface area contributed by atoms with E-state index in [9.17, 15) is 8.42 Å². The van der Waals surface area contributed by atoms with E-state index in [4.69, 9.17) is 43.1 Å². The highest BCUT2D eigenvalue weighted by atomic mass is 35.5. The molecule has 1 heterocycles. The molecule has 8 nitrogen and oxygen atoms in total. The maximum Gasteiger partial charge on any atom is 0.240 e. The Kier molecular flexibility index (Phi) is 10.7. The van der Waals surface area contributed by atoms with Crippen LogP contribution in [0.25, 0.3) is 0 Å². The second kappa shape index (κ2) is 13.8. The molecule has 0 amide bonds. The van der Waals surface area contributed by atoms with E-state index in [2.05, 4.69) is 9.62 Å². The second-order valence-electron chi connectivity index (χ2n) is 9.70. The van der Waals surface area contributed by atoms with Gasteiger partial charge in [0.25, 0.3) is 0 Å². The topological polar surface area (TPSA) is 103 Å². The first-order valence-corrected chi connectivity index (χ1v) is 15.4. The number of rotatable bonds is 13. The maximum absolute atomic E-state index is 12.8. The van der Waals surface area contributed by atoms with E-state index in [1.807, 2.05) is 13.0 Å². The number of sulfonamides is 1. The first-order valence-electron chi connectivity index (χ1n) is 13.1. The first kappa shape index (κ1) is 29.6. The minimum atomic E-state index is -3.69. The molecule has 0 unspecified atom stereocenters. The van der Waals surface area contributed by atoms with E-state index < -0.39 is 10.0 Å². The molecular weight excluding hydrogens is 549 g/mol. The Hall–Kier alpha value is -1.43. The van der Waals surface area contributed by atoms with Gasteiger partial charge in [-0.15, -0.1) is 0 Å². The SMILES string of the molecule is Cc1cc(S(=O)(=O)NCCOCCOCCN)ccc1O[C@H]1c2cc(Cl)cc(Cl)c2C[C@@H]1N1CCCCC1. The van der Waals surface area contributed by atoms with Gasteiger partial charge in [0, 0.05) is 28.7 Å². The molecular formula is C27H37Cl2N3O5S. The number of halogens is 2. The van der Waals surface area contributed by atoms with Crippen LogP contribution in [0.4, 0.5) is 0 Å². The summed E-state index contributed by atoms with van der Waals surface area (Å²) in [5.41, 5.74) is 8.17. The molecule has 210 valence electrons. The lowest BCUT2D eigenvalue weighted by molar-refractivity contribution is 0.0530. The van der Waals surface area contributed by atoms with Crippen LogP contribution in [0.5, 0.6) is 5.75 Å². The molecule has 0 spiro atoms. The van der Waals surface area contributed by atoms with Gasteiger partial charge in [0.05, 0.1) is 37.4 Å². The van der Waals surface area contributed by atoms with Gasteiger partial charge in [-0.2, -0.15) is 0 Å². The predicted octanol–water partition coefficient (Wildman–Crippen LogP) is 4.10. The van der Waals surface area contributed by atoms with E-state index in [1.54, 1.807) is 24.3 Å². The van der Waals surface area contributed by atoms with Crippen LogP contribution in [0.1, 0.15) is 42.1 Å². The average Bonchev–Trinajstić information content (AvgIpc) is 3.25. The van der Waals surface area contributed by atoms with Crippen molar-refractivity contribution in [3.8, 4) is 5.75 Å². The minimum absolute atomic E-state index is 0.145. The van der Waals surface area contributed by atoms with E-state index in [-0.39, 0.29) is 30.2 Å². The lowest BCUT2D eigenvalue weighted by Crippen LogP contribution is -2.43. The maximum atomic E-state index is 12.8. The van der Waals surface area contributed by atoms with Crippen molar-refractivity contribution >= 4 is 33.2 Å². The summed E-state index contributed by atoms with van der Waals surface area (Å²) in [6.45, 7) is 6.05. The summed E-state index contributed by atoms with van der Waals surface area (Å²) in [5, 5.41) is 1.25. The van der Waals surface area contributed by atoms with E-state index in [0.717, 1.165) is 36.2 Å². The molecule has 1 aliphatic carbocycles. The average molecular weight is 587 g/mol. The Labute approximate surface area is 235 Å². The third kappa shape index (κ3) is 7.40. The Morgan fingerprint density at radius 1 is 1.03 bits per heavy atom. The summed E-state index contributed by atoms with van der Waals surface area (Å²) in [4.78, 5) is 2.67. The van der Waals surface area contributed by atoms with Crippen LogP contribution in [0.3, 0.4) is 0 Å². The van der Waals surface area contributed by atoms with Crippen LogP contribution < -0.4 is 15.2 Å². The molecule has 2 aromatic carbocycles. The van der Waals surface area contributed by atoms with E-state index in [1.165, 1.54) is 19.3 Å². The minimum Gasteiger partial charge on any atom is -0.484 e. The fourth-order valence-electron chi connectivity index (χ4n) is 5.12. The summed E-state index contributed by atoms with van der Waals surface area (Å²) >= 11 is 13.0. The predicted molar refractivity (Wildman–Crippen MR) is 150 cm³/mol. The van der Waals surface area contributed by atoms with Gasteiger partial charge in [0.1, 0.15) is 11.9 Å². The summed E-state index contributed by atoms with van der Waals surface area (Å²) in [6, 6.07) is 8.81. The molecule has 0 bridgehead atoms. The normalized spacial score (nSPS) is 20.0. The summed E-state index contributed by atoms with van der Waals surface area (Å²) in [7, 11) is -3.69. The van der Waals surface area contributed by atoms with Gasteiger partial charge < -0.3 is 19.9 Å². The summed E-state index contributed by atoms with van der Waals surface area (Å²) in [5.74, 6) is 0.640. The van der Waals surface area contributed by atoms with Crippen molar-refractivity contribution in [2.24, 2.45) is 5.73 Å². The molecule has 1 fully saturated rings. The number of hydrogen-bond acceptors (Lipinski definition) is 7. The third-order valence-corrected chi connectivity index (χ3v) is 9.02. The molecule has 2 aliphatic rings. The van der Waals surface area contributed by atoms with E-state index in [0.29, 0.717) is 42.2 Å². The number of ether oxygens (including phenoxy) is 3. The Bertz CT molecular complexity index is 1190. The number of nitrogens with one attached hydrogen (secondary N) is 1. The smallest absolute Gasteiger partial charge is 0.240 e. The standard InChI is InChI=1S/C27H37Cl2N3O5S/c1-19-15-21(38(33,34)31-8-12-36-14-13-35-11-7-30)5-6-26(19)37-27-23-16-20(28)17-24(29)22(23)18-25(27)32-9-3-2-4-10-32/h5-6,15-17,25,27,31H,2-4,7-14,18,30H2,1H3/t25-,27-/m0/s1. The van der Waals surface area contributed by atoms with Crippen LogP contribution in [-0.4, -0.2) is 72.0 Å². The van der Waals surface area contributed by atoms with Crippen molar-refractivity contribution in [2.45, 2.75) is 49.6 Å². The van der Waals surface area contributed by atoms with Gasteiger partial charge >= 0.3 is 0 Å². The number of nitrogens with two attached hydrogens (primary N) is 1. The van der Waals surface area contributed by atoms with E-state index >= 15 is 0 Å². The molecule has 2 aromatic rings. The van der Waals surface area contributed by atoms with Gasteiger partial charge in [-0.3, -0.25) is 4.90 Å². The van der Waals surface area contributed by atoms with Gasteiger partial charge in [-0.05, 0) is 80.7 Å². The molecule has 38 heavy (non-hydrogen) atoms. The van der Waals surface area contributed by atoms with Crippen LogP contribution in [0, 0.1) is 6.92 Å². The molecule has 0 saturated carbocycles. The quantitative estimate of drug-likeness (QED) is 0.341. The Balaban J connectivity index is 1.43. The molecule has 2 atom stereocenters. The fraction of sp³-hybridized carbons (Fsp3) is 0.556. The van der Waals surface area contributed by atoms with Crippen LogP contribution in [0.15, 0.2) is 35.2 Å². The number of benzene rings is 2. The number of piperidine rings is 1. The van der Waals surface area contributed by atoms with Crippen molar-refractivity contribution in [3.63, 3.8) is 0 Å². The van der Waals surface area contributed by atoms with Crippen LogP contribution in [-0.2, 0) is 25.9 Å². The highest BCUT2D eigenvalue weighted by Crippen LogP contribution is 2.43. The number of fused-ring (bicyclic) bond motifs is 1. The van der Waals surface area contributed by atoms with Crippen LogP contribution >= 0.6 is 23.2 Å². The molecule has 11 heteroatoms. The zero-order valence-corrected chi connectivity index (χ0v) is 24.1. The van der Waals surface area contributed by atoms with Crippen molar-refractivity contribution < 1.29 is 22.6 Å². The van der Waals surface area contributed by atoms with Crippen LogP contribution in [0.2, 0.25) is 10.0 Å². The summed E-state index contributed by atoms with van der Waals surface area (Å²) in [6.07, 6.45) is 4.13. The number of likely N-dealkylation sites (tertiary alicyclic amines) is 1. The van der Waals surface area contributed by atoms with Crippen molar-refractivity contribution in [1.29, 1.82) is 0 Å². The number of hydrogen-bond donors (Lipinski definition) is 2. The number of aryl methyl sites for hydroxylation is 1. The first-order chi connectivity index (χ1) is 18.3. The molecule has 1 saturated heterocycles. The molecule has 4 rings (SSSR count). The van der Waals surface area contributed by atoms with Crippen molar-refractivity contribution in [2.75, 3.05) is 52.6 Å². The lowest BCUT2D eigenvalue weighted by Gasteiger charge is -2.36.